The quantitative estimate of drug-likeness (QED) is 0.721. The number of hydrogen-bond acceptors (Lipinski definition) is 3. The van der Waals surface area contributed by atoms with Crippen LogP contribution in [0.15, 0.2) is 47.1 Å². The van der Waals surface area contributed by atoms with Crippen LogP contribution in [-0.2, 0) is 0 Å². The first-order valence-corrected chi connectivity index (χ1v) is 8.23. The molecule has 1 unspecified atom stereocenters. The van der Waals surface area contributed by atoms with E-state index in [0.29, 0.717) is 23.3 Å². The molecule has 0 aliphatic heterocycles. The number of ether oxygens (including phenoxy) is 1. The van der Waals surface area contributed by atoms with Crippen LogP contribution in [-0.4, -0.2) is 21.1 Å². The lowest BCUT2D eigenvalue weighted by Crippen LogP contribution is -2.08. The minimum absolute atomic E-state index is 0.127. The summed E-state index contributed by atoms with van der Waals surface area (Å²) in [6, 6.07) is 10.4. The number of pyridine rings is 1. The third-order valence-corrected chi connectivity index (χ3v) is 4.73. The SMILES string of the molecule is OC1C[C@H](c2ccccc2OC(F)F)c2c1nc1ccc(Br)cn21. The van der Waals surface area contributed by atoms with Gasteiger partial charge in [-0.25, -0.2) is 4.98 Å². The van der Waals surface area contributed by atoms with E-state index >= 15 is 0 Å². The Labute approximate surface area is 144 Å². The number of aliphatic hydroxyl groups is 1. The Morgan fingerprint density at radius 3 is 2.83 bits per heavy atom. The molecule has 124 valence electrons. The monoisotopic (exact) mass is 394 g/mol. The number of para-hydroxylation sites is 1. The van der Waals surface area contributed by atoms with Crippen LogP contribution in [0.4, 0.5) is 8.78 Å². The minimum Gasteiger partial charge on any atom is -0.435 e. The summed E-state index contributed by atoms with van der Waals surface area (Å²) < 4.78 is 32.8. The molecule has 0 amide bonds. The van der Waals surface area contributed by atoms with Gasteiger partial charge in [-0.3, -0.25) is 0 Å². The van der Waals surface area contributed by atoms with Crippen molar-refractivity contribution in [1.29, 1.82) is 0 Å². The second-order valence-corrected chi connectivity index (χ2v) is 6.59. The smallest absolute Gasteiger partial charge is 0.387 e. The third kappa shape index (κ3) is 2.48. The van der Waals surface area contributed by atoms with E-state index < -0.39 is 12.7 Å². The first-order chi connectivity index (χ1) is 11.5. The van der Waals surface area contributed by atoms with Crippen LogP contribution in [0, 0.1) is 0 Å². The Hall–Kier alpha value is -1.99. The highest BCUT2D eigenvalue weighted by Gasteiger charge is 2.37. The zero-order chi connectivity index (χ0) is 16.8. The lowest BCUT2D eigenvalue weighted by molar-refractivity contribution is -0.0505. The molecule has 1 N–H and O–H groups in total. The molecule has 1 aromatic carbocycles. The van der Waals surface area contributed by atoms with Crippen molar-refractivity contribution in [1.82, 2.24) is 9.38 Å². The number of halogens is 3. The summed E-state index contributed by atoms with van der Waals surface area (Å²) >= 11 is 3.43. The fourth-order valence-corrected chi connectivity index (χ4v) is 3.68. The van der Waals surface area contributed by atoms with Crippen molar-refractivity contribution in [2.45, 2.75) is 25.1 Å². The topological polar surface area (TPSA) is 46.8 Å². The van der Waals surface area contributed by atoms with Gasteiger partial charge in [0.25, 0.3) is 0 Å². The highest BCUT2D eigenvalue weighted by molar-refractivity contribution is 9.10. The molecule has 2 aromatic heterocycles. The molecule has 2 atom stereocenters. The van der Waals surface area contributed by atoms with Crippen LogP contribution < -0.4 is 4.74 Å². The number of benzene rings is 1. The summed E-state index contributed by atoms with van der Waals surface area (Å²) in [7, 11) is 0. The molecule has 24 heavy (non-hydrogen) atoms. The van der Waals surface area contributed by atoms with E-state index in [4.69, 9.17) is 0 Å². The first-order valence-electron chi connectivity index (χ1n) is 7.44. The molecule has 1 aliphatic carbocycles. The van der Waals surface area contributed by atoms with E-state index in [1.165, 1.54) is 6.07 Å². The van der Waals surface area contributed by atoms with Gasteiger partial charge in [-0.2, -0.15) is 8.78 Å². The first kappa shape index (κ1) is 15.5. The van der Waals surface area contributed by atoms with Crippen LogP contribution in [0.5, 0.6) is 5.75 Å². The predicted octanol–water partition coefficient (Wildman–Crippen LogP) is 4.27. The standard InChI is InChI=1S/C17H13BrF2N2O2/c18-9-5-6-14-21-15-12(23)7-11(16(15)22(14)8-9)10-3-1-2-4-13(10)24-17(19)20/h1-6,8,11-12,17,23H,7H2/t11-,12?/m1/s1. The highest BCUT2D eigenvalue weighted by atomic mass is 79.9. The van der Waals surface area contributed by atoms with Crippen LogP contribution >= 0.6 is 15.9 Å². The Bertz CT molecular complexity index is 913. The van der Waals surface area contributed by atoms with Crippen molar-refractivity contribution < 1.29 is 18.6 Å². The average molecular weight is 395 g/mol. The maximum Gasteiger partial charge on any atom is 0.387 e. The third-order valence-electron chi connectivity index (χ3n) is 4.26. The minimum atomic E-state index is -2.90. The highest BCUT2D eigenvalue weighted by Crippen LogP contribution is 2.46. The van der Waals surface area contributed by atoms with Crippen molar-refractivity contribution in [3.05, 3.63) is 64.0 Å². The van der Waals surface area contributed by atoms with Crippen molar-refractivity contribution in [3.8, 4) is 5.75 Å². The van der Waals surface area contributed by atoms with Crippen LogP contribution in [0.1, 0.15) is 35.4 Å². The van der Waals surface area contributed by atoms with Gasteiger partial charge in [0.15, 0.2) is 0 Å². The van der Waals surface area contributed by atoms with Gasteiger partial charge in [-0.1, -0.05) is 18.2 Å². The Balaban J connectivity index is 1.89. The average Bonchev–Trinajstić information content (AvgIpc) is 3.05. The fourth-order valence-electron chi connectivity index (χ4n) is 3.34. The number of hydrogen-bond donors (Lipinski definition) is 1. The molecule has 2 heterocycles. The second-order valence-electron chi connectivity index (χ2n) is 5.68. The summed E-state index contributed by atoms with van der Waals surface area (Å²) in [6.45, 7) is -2.90. The van der Waals surface area contributed by atoms with Crippen molar-refractivity contribution in [2.24, 2.45) is 0 Å². The van der Waals surface area contributed by atoms with Gasteiger partial charge in [0, 0.05) is 22.2 Å². The summed E-state index contributed by atoms with van der Waals surface area (Å²) in [5, 5.41) is 10.4. The van der Waals surface area contributed by atoms with Gasteiger partial charge in [0.2, 0.25) is 0 Å². The molecular weight excluding hydrogens is 382 g/mol. The predicted molar refractivity (Wildman–Crippen MR) is 87.4 cm³/mol. The lowest BCUT2D eigenvalue weighted by atomic mass is 9.95. The van der Waals surface area contributed by atoms with Crippen molar-refractivity contribution >= 4 is 21.6 Å². The lowest BCUT2D eigenvalue weighted by Gasteiger charge is -2.17. The molecule has 0 saturated heterocycles. The molecule has 0 bridgehead atoms. The van der Waals surface area contributed by atoms with Gasteiger partial charge in [-0.05, 0) is 40.5 Å². The van der Waals surface area contributed by atoms with Crippen molar-refractivity contribution in [2.75, 3.05) is 0 Å². The Morgan fingerprint density at radius 2 is 2.04 bits per heavy atom. The van der Waals surface area contributed by atoms with Crippen LogP contribution in [0.3, 0.4) is 0 Å². The zero-order valence-corrected chi connectivity index (χ0v) is 14.0. The van der Waals surface area contributed by atoms with E-state index in [1.807, 2.05) is 22.7 Å². The van der Waals surface area contributed by atoms with Gasteiger partial charge in [0.1, 0.15) is 11.4 Å². The summed E-state index contributed by atoms with van der Waals surface area (Å²) in [5.41, 5.74) is 2.73. The van der Waals surface area contributed by atoms with Gasteiger partial charge >= 0.3 is 6.61 Å². The van der Waals surface area contributed by atoms with E-state index in [1.54, 1.807) is 18.2 Å². The van der Waals surface area contributed by atoms with E-state index in [9.17, 15) is 13.9 Å². The molecule has 0 spiro atoms. The number of nitrogens with zero attached hydrogens (tertiary/aromatic N) is 2. The molecule has 4 rings (SSSR count). The number of aliphatic hydroxyl groups excluding tert-OH is 1. The number of fused-ring (bicyclic) bond motifs is 3. The van der Waals surface area contributed by atoms with Gasteiger partial charge < -0.3 is 14.2 Å². The number of alkyl halides is 2. The van der Waals surface area contributed by atoms with Crippen molar-refractivity contribution in [3.63, 3.8) is 0 Å². The summed E-state index contributed by atoms with van der Waals surface area (Å²) in [6.07, 6.45) is 1.52. The largest absolute Gasteiger partial charge is 0.435 e. The van der Waals surface area contributed by atoms with E-state index in [2.05, 4.69) is 25.7 Å². The van der Waals surface area contributed by atoms with Gasteiger partial charge in [0.05, 0.1) is 17.5 Å². The number of rotatable bonds is 3. The molecule has 0 radical (unpaired) electrons. The summed E-state index contributed by atoms with van der Waals surface area (Å²) in [5.74, 6) is -0.142. The Kier molecular flexibility index (Phi) is 3.77. The fraction of sp³-hybridized carbons (Fsp3) is 0.235. The molecule has 0 fully saturated rings. The van der Waals surface area contributed by atoms with Gasteiger partial charge in [-0.15, -0.1) is 0 Å². The number of aromatic nitrogens is 2. The molecule has 7 heteroatoms. The van der Waals surface area contributed by atoms with E-state index in [-0.39, 0.29) is 11.7 Å². The van der Waals surface area contributed by atoms with E-state index in [0.717, 1.165) is 10.2 Å². The molecule has 4 nitrogen and oxygen atoms in total. The normalized spacial score (nSPS) is 19.9. The molecule has 3 aromatic rings. The van der Waals surface area contributed by atoms with Crippen LogP contribution in [0.25, 0.3) is 5.65 Å². The maximum atomic E-state index is 12.7. The maximum absolute atomic E-state index is 12.7. The summed E-state index contributed by atoms with van der Waals surface area (Å²) in [4.78, 5) is 4.48. The second kappa shape index (κ2) is 5.82. The zero-order valence-electron chi connectivity index (χ0n) is 12.4. The number of imidazole rings is 1. The Morgan fingerprint density at radius 1 is 1.25 bits per heavy atom. The molecule has 0 saturated carbocycles. The van der Waals surface area contributed by atoms with Crippen LogP contribution in [0.2, 0.25) is 0 Å². The molecule has 1 aliphatic rings. The molecular formula is C17H13BrF2N2O2.